The number of phenols is 1. The lowest BCUT2D eigenvalue weighted by Crippen LogP contribution is -1.96. The van der Waals surface area contributed by atoms with E-state index in [4.69, 9.17) is 0 Å². The number of nitrogens with one attached hydrogen (secondary N) is 1. The minimum atomic E-state index is 0.392. The van der Waals surface area contributed by atoms with Crippen LogP contribution < -0.4 is 0 Å². The van der Waals surface area contributed by atoms with Crippen molar-refractivity contribution in [3.05, 3.63) is 40.6 Å². The Morgan fingerprint density at radius 1 is 0.938 bits per heavy atom. The van der Waals surface area contributed by atoms with Crippen LogP contribution in [0.25, 0.3) is 11.3 Å². The van der Waals surface area contributed by atoms with E-state index in [1.807, 2.05) is 25.3 Å². The first-order valence-corrected chi connectivity index (χ1v) is 5.47. The van der Waals surface area contributed by atoms with Gasteiger partial charge < -0.3 is 10.1 Å². The van der Waals surface area contributed by atoms with E-state index < -0.39 is 0 Å². The molecule has 0 amide bonds. The maximum Gasteiger partial charge on any atom is 0.128 e. The van der Waals surface area contributed by atoms with Gasteiger partial charge in [0.05, 0.1) is 0 Å². The number of aromatic nitrogens is 1. The number of aromatic hydroxyl groups is 1. The summed E-state index contributed by atoms with van der Waals surface area (Å²) in [6.07, 6.45) is 1.87. The molecule has 0 radical (unpaired) electrons. The predicted octanol–water partition coefficient (Wildman–Crippen LogP) is 3.62. The Balaban J connectivity index is 2.81. The number of rotatable bonds is 1. The molecule has 1 aromatic heterocycles. The zero-order chi connectivity index (χ0) is 11.9. The van der Waals surface area contributed by atoms with Crippen LogP contribution in [0.4, 0.5) is 0 Å². The number of aromatic amines is 1. The van der Waals surface area contributed by atoms with Crippen LogP contribution in [0, 0.1) is 27.7 Å². The van der Waals surface area contributed by atoms with E-state index in [1.165, 1.54) is 11.1 Å². The summed E-state index contributed by atoms with van der Waals surface area (Å²) in [6.45, 7) is 8.17. The monoisotopic (exact) mass is 215 g/mol. The molecule has 0 aliphatic carbocycles. The summed E-state index contributed by atoms with van der Waals surface area (Å²) in [6, 6.07) is 3.93. The van der Waals surface area contributed by atoms with Crippen LogP contribution in [-0.2, 0) is 0 Å². The van der Waals surface area contributed by atoms with E-state index in [0.717, 1.165) is 22.4 Å². The summed E-state index contributed by atoms with van der Waals surface area (Å²) in [4.78, 5) is 3.15. The van der Waals surface area contributed by atoms with Crippen molar-refractivity contribution >= 4 is 0 Å². The zero-order valence-electron chi connectivity index (χ0n) is 10.2. The first kappa shape index (κ1) is 10.8. The van der Waals surface area contributed by atoms with Crippen LogP contribution in [0.5, 0.6) is 5.75 Å². The van der Waals surface area contributed by atoms with E-state index in [1.54, 1.807) is 0 Å². The van der Waals surface area contributed by atoms with Crippen molar-refractivity contribution < 1.29 is 5.11 Å². The lowest BCUT2D eigenvalue weighted by molar-refractivity contribution is 0.472. The Labute approximate surface area is 96.0 Å². The van der Waals surface area contributed by atoms with Gasteiger partial charge in [-0.3, -0.25) is 0 Å². The van der Waals surface area contributed by atoms with Gasteiger partial charge in [-0.25, -0.2) is 0 Å². The standard InChI is InChI=1S/C14H17NO/c1-8-9(2)11(4)14(16)13(10(8)3)12-6-5-7-15-12/h5-7,15-16H,1-4H3. The van der Waals surface area contributed by atoms with Crippen molar-refractivity contribution in [2.75, 3.05) is 0 Å². The predicted molar refractivity (Wildman–Crippen MR) is 66.8 cm³/mol. The van der Waals surface area contributed by atoms with Gasteiger partial charge in [0, 0.05) is 17.5 Å². The lowest BCUT2D eigenvalue weighted by atomic mass is 9.92. The fourth-order valence-electron chi connectivity index (χ4n) is 2.11. The van der Waals surface area contributed by atoms with Crippen molar-refractivity contribution in [2.24, 2.45) is 0 Å². The summed E-state index contributed by atoms with van der Waals surface area (Å²) in [7, 11) is 0. The Bertz CT molecular complexity index is 495. The van der Waals surface area contributed by atoms with Crippen LogP contribution in [0.1, 0.15) is 22.3 Å². The second kappa shape index (κ2) is 3.71. The van der Waals surface area contributed by atoms with Gasteiger partial charge >= 0.3 is 0 Å². The summed E-state index contributed by atoms with van der Waals surface area (Å²) < 4.78 is 0. The van der Waals surface area contributed by atoms with Crippen molar-refractivity contribution in [1.29, 1.82) is 0 Å². The van der Waals surface area contributed by atoms with E-state index in [-0.39, 0.29) is 0 Å². The summed E-state index contributed by atoms with van der Waals surface area (Å²) in [5.74, 6) is 0.392. The highest BCUT2D eigenvalue weighted by Gasteiger charge is 2.15. The van der Waals surface area contributed by atoms with Crippen LogP contribution in [-0.4, -0.2) is 10.1 Å². The van der Waals surface area contributed by atoms with E-state index in [9.17, 15) is 5.11 Å². The molecule has 84 valence electrons. The molecule has 2 rings (SSSR count). The molecule has 0 aliphatic heterocycles. The van der Waals surface area contributed by atoms with Crippen molar-refractivity contribution in [3.8, 4) is 17.0 Å². The third-order valence-electron chi connectivity index (χ3n) is 3.52. The Hall–Kier alpha value is -1.70. The van der Waals surface area contributed by atoms with E-state index in [2.05, 4.69) is 25.8 Å². The average Bonchev–Trinajstić information content (AvgIpc) is 2.77. The molecule has 16 heavy (non-hydrogen) atoms. The van der Waals surface area contributed by atoms with Gasteiger partial charge in [-0.1, -0.05) is 0 Å². The molecule has 1 heterocycles. The summed E-state index contributed by atoms with van der Waals surface area (Å²) in [5.41, 5.74) is 6.42. The molecule has 0 unspecified atom stereocenters. The normalized spacial score (nSPS) is 10.8. The first-order valence-electron chi connectivity index (χ1n) is 5.47. The van der Waals surface area contributed by atoms with Crippen LogP contribution in [0.3, 0.4) is 0 Å². The minimum Gasteiger partial charge on any atom is -0.507 e. The fraction of sp³-hybridized carbons (Fsp3) is 0.286. The molecule has 0 fully saturated rings. The van der Waals surface area contributed by atoms with Crippen LogP contribution in [0.15, 0.2) is 18.3 Å². The van der Waals surface area contributed by atoms with Crippen LogP contribution in [0.2, 0.25) is 0 Å². The maximum absolute atomic E-state index is 10.2. The summed E-state index contributed by atoms with van der Waals surface area (Å²) in [5, 5.41) is 10.2. The number of phenolic OH excluding ortho intramolecular Hbond substituents is 1. The Kier molecular flexibility index (Phi) is 2.50. The highest BCUT2D eigenvalue weighted by Crippen LogP contribution is 2.38. The second-order valence-corrected chi connectivity index (χ2v) is 4.31. The topological polar surface area (TPSA) is 36.0 Å². The van der Waals surface area contributed by atoms with Crippen molar-refractivity contribution in [2.45, 2.75) is 27.7 Å². The molecule has 2 nitrogen and oxygen atoms in total. The van der Waals surface area contributed by atoms with E-state index >= 15 is 0 Å². The smallest absolute Gasteiger partial charge is 0.128 e. The largest absolute Gasteiger partial charge is 0.507 e. The molecule has 0 atom stereocenters. The lowest BCUT2D eigenvalue weighted by Gasteiger charge is -2.16. The van der Waals surface area contributed by atoms with Crippen molar-refractivity contribution in [3.63, 3.8) is 0 Å². The third kappa shape index (κ3) is 1.42. The highest BCUT2D eigenvalue weighted by atomic mass is 16.3. The SMILES string of the molecule is Cc1c(C)c(C)c(-c2ccc[nH]2)c(O)c1C. The number of benzene rings is 1. The molecule has 0 aliphatic rings. The molecule has 2 heteroatoms. The molecule has 2 aromatic rings. The van der Waals surface area contributed by atoms with Gasteiger partial charge in [-0.2, -0.15) is 0 Å². The molecular formula is C14H17NO. The zero-order valence-corrected chi connectivity index (χ0v) is 10.2. The van der Waals surface area contributed by atoms with Gasteiger partial charge in [0.1, 0.15) is 5.75 Å². The van der Waals surface area contributed by atoms with Crippen molar-refractivity contribution in [1.82, 2.24) is 4.98 Å². The molecule has 1 aromatic carbocycles. The van der Waals surface area contributed by atoms with E-state index in [0.29, 0.717) is 5.75 Å². The fourth-order valence-corrected chi connectivity index (χ4v) is 2.11. The molecule has 0 bridgehead atoms. The van der Waals surface area contributed by atoms with Gasteiger partial charge in [0.15, 0.2) is 0 Å². The van der Waals surface area contributed by atoms with Crippen LogP contribution >= 0.6 is 0 Å². The molecule has 2 N–H and O–H groups in total. The number of H-pyrrole nitrogens is 1. The highest BCUT2D eigenvalue weighted by molar-refractivity contribution is 5.75. The first-order chi connectivity index (χ1) is 7.54. The Morgan fingerprint density at radius 2 is 1.56 bits per heavy atom. The van der Waals surface area contributed by atoms with Gasteiger partial charge in [0.2, 0.25) is 0 Å². The van der Waals surface area contributed by atoms with Gasteiger partial charge in [-0.15, -0.1) is 0 Å². The number of hydrogen-bond acceptors (Lipinski definition) is 1. The third-order valence-corrected chi connectivity index (χ3v) is 3.52. The summed E-state index contributed by atoms with van der Waals surface area (Å²) >= 11 is 0. The average molecular weight is 215 g/mol. The molecule has 0 saturated heterocycles. The molecule has 0 spiro atoms. The Morgan fingerprint density at radius 3 is 2.12 bits per heavy atom. The molecule has 0 saturated carbocycles. The van der Waals surface area contributed by atoms with Gasteiger partial charge in [-0.05, 0) is 62.1 Å². The van der Waals surface area contributed by atoms with Gasteiger partial charge in [0.25, 0.3) is 0 Å². The second-order valence-electron chi connectivity index (χ2n) is 4.31. The minimum absolute atomic E-state index is 0.392. The number of hydrogen-bond donors (Lipinski definition) is 2. The maximum atomic E-state index is 10.2. The quantitative estimate of drug-likeness (QED) is 0.748. The molecular weight excluding hydrogens is 198 g/mol.